The normalized spacial score (nSPS) is 12.7. The maximum Gasteiger partial charge on any atom is 0.132 e. The van der Waals surface area contributed by atoms with Crippen molar-refractivity contribution in [2.24, 2.45) is 0 Å². The van der Waals surface area contributed by atoms with Crippen molar-refractivity contribution >= 4 is 23.2 Å². The van der Waals surface area contributed by atoms with E-state index < -0.39 is 0 Å². The first-order chi connectivity index (χ1) is 10.8. The molecule has 0 amide bonds. The van der Waals surface area contributed by atoms with Crippen molar-refractivity contribution in [3.63, 3.8) is 0 Å². The highest BCUT2D eigenvalue weighted by Crippen LogP contribution is 2.13. The highest BCUT2D eigenvalue weighted by molar-refractivity contribution is 6.21. The topological polar surface area (TPSA) is 9.23 Å². The van der Waals surface area contributed by atoms with Gasteiger partial charge in [-0.2, -0.15) is 0 Å². The third kappa shape index (κ3) is 18.6. The summed E-state index contributed by atoms with van der Waals surface area (Å²) in [5, 5.41) is 0. The van der Waals surface area contributed by atoms with E-state index in [0.717, 1.165) is 19.4 Å². The SMILES string of the molecule is CCCCCCCCCCCCCCCCOC(Cl)CCCl. The lowest BCUT2D eigenvalue weighted by molar-refractivity contribution is 0.102. The van der Waals surface area contributed by atoms with Crippen molar-refractivity contribution < 1.29 is 4.74 Å². The summed E-state index contributed by atoms with van der Waals surface area (Å²) in [6.45, 7) is 3.06. The van der Waals surface area contributed by atoms with Crippen LogP contribution < -0.4 is 0 Å². The molecule has 134 valence electrons. The van der Waals surface area contributed by atoms with E-state index in [1.807, 2.05) is 0 Å². The smallest absolute Gasteiger partial charge is 0.132 e. The number of rotatable bonds is 18. The zero-order valence-electron chi connectivity index (χ0n) is 14.8. The molecule has 1 unspecified atom stereocenters. The molecule has 0 aliphatic carbocycles. The highest BCUT2D eigenvalue weighted by Gasteiger charge is 2.02. The van der Waals surface area contributed by atoms with Crippen LogP contribution in [0.25, 0.3) is 0 Å². The molecule has 0 aliphatic rings. The molecule has 1 nitrogen and oxygen atoms in total. The van der Waals surface area contributed by atoms with Gasteiger partial charge in [-0.05, 0) is 6.42 Å². The second kappa shape index (κ2) is 19.6. The number of hydrogen-bond donors (Lipinski definition) is 0. The summed E-state index contributed by atoms with van der Waals surface area (Å²) in [4.78, 5) is 0. The fourth-order valence-corrected chi connectivity index (χ4v) is 3.19. The molecule has 0 rings (SSSR count). The number of halogens is 2. The van der Waals surface area contributed by atoms with Gasteiger partial charge in [0.2, 0.25) is 0 Å². The van der Waals surface area contributed by atoms with Crippen LogP contribution in [-0.4, -0.2) is 18.1 Å². The quantitative estimate of drug-likeness (QED) is 0.181. The summed E-state index contributed by atoms with van der Waals surface area (Å²) < 4.78 is 5.47. The van der Waals surface area contributed by atoms with Gasteiger partial charge in [-0.15, -0.1) is 11.6 Å². The van der Waals surface area contributed by atoms with Crippen LogP contribution in [0.2, 0.25) is 0 Å². The predicted octanol–water partition coefficient (Wildman–Crippen LogP) is 7.68. The Balaban J connectivity index is 3.00. The van der Waals surface area contributed by atoms with Crippen LogP contribution in [0, 0.1) is 0 Å². The van der Waals surface area contributed by atoms with Gasteiger partial charge in [0.25, 0.3) is 0 Å². The first-order valence-electron chi connectivity index (χ1n) is 9.63. The molecule has 0 bridgehead atoms. The van der Waals surface area contributed by atoms with Crippen molar-refractivity contribution in [1.82, 2.24) is 0 Å². The van der Waals surface area contributed by atoms with Crippen LogP contribution >= 0.6 is 23.2 Å². The second-order valence-electron chi connectivity index (χ2n) is 6.35. The molecule has 1 atom stereocenters. The van der Waals surface area contributed by atoms with Crippen molar-refractivity contribution in [3.8, 4) is 0 Å². The lowest BCUT2D eigenvalue weighted by Gasteiger charge is -2.09. The van der Waals surface area contributed by atoms with Crippen LogP contribution in [0.1, 0.15) is 103 Å². The molecule has 0 heterocycles. The average Bonchev–Trinajstić information content (AvgIpc) is 2.51. The molecular formula is C19H38Cl2O. The van der Waals surface area contributed by atoms with Crippen molar-refractivity contribution in [2.45, 2.75) is 109 Å². The number of alkyl halides is 2. The van der Waals surface area contributed by atoms with E-state index in [-0.39, 0.29) is 5.56 Å². The van der Waals surface area contributed by atoms with Gasteiger partial charge in [0.1, 0.15) is 5.56 Å². The molecular weight excluding hydrogens is 315 g/mol. The number of unbranched alkanes of at least 4 members (excludes halogenated alkanes) is 13. The van der Waals surface area contributed by atoms with E-state index in [4.69, 9.17) is 27.9 Å². The summed E-state index contributed by atoms with van der Waals surface area (Å²) in [5.74, 6) is 0.576. The number of hydrogen-bond acceptors (Lipinski definition) is 1. The first kappa shape index (κ1) is 22.5. The predicted molar refractivity (Wildman–Crippen MR) is 101 cm³/mol. The van der Waals surface area contributed by atoms with Gasteiger partial charge in [0, 0.05) is 18.9 Å². The summed E-state index contributed by atoms with van der Waals surface area (Å²) in [7, 11) is 0. The molecule has 0 fully saturated rings. The fraction of sp³-hybridized carbons (Fsp3) is 1.00. The maximum absolute atomic E-state index is 5.93. The van der Waals surface area contributed by atoms with Crippen LogP contribution in [0.5, 0.6) is 0 Å². The minimum Gasteiger partial charge on any atom is -0.362 e. The Labute approximate surface area is 149 Å². The Bertz CT molecular complexity index is 200. The molecule has 0 aromatic carbocycles. The summed E-state index contributed by atoms with van der Waals surface area (Å²) >= 11 is 11.5. The molecule has 3 heteroatoms. The molecule has 0 saturated heterocycles. The molecule has 22 heavy (non-hydrogen) atoms. The zero-order valence-corrected chi connectivity index (χ0v) is 16.3. The highest BCUT2D eigenvalue weighted by atomic mass is 35.5. The van der Waals surface area contributed by atoms with E-state index in [1.54, 1.807) is 0 Å². The third-order valence-corrected chi connectivity index (χ3v) is 4.70. The summed E-state index contributed by atoms with van der Waals surface area (Å²) in [6.07, 6.45) is 20.1. The van der Waals surface area contributed by atoms with Crippen molar-refractivity contribution in [1.29, 1.82) is 0 Å². The minimum atomic E-state index is -0.195. The molecule has 0 aliphatic heterocycles. The minimum absolute atomic E-state index is 0.195. The summed E-state index contributed by atoms with van der Waals surface area (Å²) in [5.41, 5.74) is -0.195. The summed E-state index contributed by atoms with van der Waals surface area (Å²) in [6, 6.07) is 0. The van der Waals surface area contributed by atoms with E-state index >= 15 is 0 Å². The van der Waals surface area contributed by atoms with E-state index in [1.165, 1.54) is 83.5 Å². The van der Waals surface area contributed by atoms with Crippen LogP contribution in [0.3, 0.4) is 0 Å². The molecule has 0 aromatic rings. The van der Waals surface area contributed by atoms with Gasteiger partial charge < -0.3 is 4.74 Å². The van der Waals surface area contributed by atoms with Crippen LogP contribution in [0.4, 0.5) is 0 Å². The lowest BCUT2D eigenvalue weighted by atomic mass is 10.0. The molecule has 0 aromatic heterocycles. The van der Waals surface area contributed by atoms with Gasteiger partial charge in [-0.25, -0.2) is 0 Å². The monoisotopic (exact) mass is 352 g/mol. The average molecular weight is 353 g/mol. The molecule has 0 radical (unpaired) electrons. The van der Waals surface area contributed by atoms with Crippen molar-refractivity contribution in [3.05, 3.63) is 0 Å². The largest absolute Gasteiger partial charge is 0.362 e. The van der Waals surface area contributed by atoms with Gasteiger partial charge in [0.15, 0.2) is 0 Å². The Morgan fingerprint density at radius 2 is 1.09 bits per heavy atom. The van der Waals surface area contributed by atoms with Gasteiger partial charge in [-0.3, -0.25) is 0 Å². The molecule has 0 N–H and O–H groups in total. The lowest BCUT2D eigenvalue weighted by Crippen LogP contribution is -2.06. The Morgan fingerprint density at radius 3 is 1.50 bits per heavy atom. The van der Waals surface area contributed by atoms with E-state index in [0.29, 0.717) is 5.88 Å². The number of ether oxygens (including phenoxy) is 1. The van der Waals surface area contributed by atoms with Gasteiger partial charge in [-0.1, -0.05) is 102 Å². The fourth-order valence-electron chi connectivity index (χ4n) is 2.68. The Hall–Kier alpha value is 0.540. The third-order valence-electron chi connectivity index (χ3n) is 4.13. The Kier molecular flexibility index (Phi) is 20.1. The molecule has 0 spiro atoms. The van der Waals surface area contributed by atoms with Crippen LogP contribution in [0.15, 0.2) is 0 Å². The van der Waals surface area contributed by atoms with Gasteiger partial charge >= 0.3 is 0 Å². The Morgan fingerprint density at radius 1 is 0.682 bits per heavy atom. The molecule has 0 saturated carbocycles. The zero-order chi connectivity index (χ0) is 16.3. The van der Waals surface area contributed by atoms with E-state index in [9.17, 15) is 0 Å². The van der Waals surface area contributed by atoms with E-state index in [2.05, 4.69) is 6.92 Å². The standard InChI is InChI=1S/C19H38Cl2O/c1-2-3-4-5-6-7-8-9-10-11-12-13-14-15-18-22-19(21)16-17-20/h19H,2-18H2,1H3. The van der Waals surface area contributed by atoms with Crippen molar-refractivity contribution in [2.75, 3.05) is 12.5 Å². The maximum atomic E-state index is 5.93. The van der Waals surface area contributed by atoms with Gasteiger partial charge in [0.05, 0.1) is 0 Å². The second-order valence-corrected chi connectivity index (χ2v) is 7.22. The first-order valence-corrected chi connectivity index (χ1v) is 10.6. The van der Waals surface area contributed by atoms with Crippen LogP contribution in [-0.2, 0) is 4.74 Å².